The molecule has 0 N–H and O–H groups in total. The van der Waals surface area contributed by atoms with E-state index in [2.05, 4.69) is 137 Å². The van der Waals surface area contributed by atoms with Crippen molar-refractivity contribution in [3.8, 4) is 0 Å². The van der Waals surface area contributed by atoms with Gasteiger partial charge in [0.05, 0.1) is 39.0 Å². The Labute approximate surface area is 439 Å². The molecule has 0 radical (unpaired) electrons. The van der Waals surface area contributed by atoms with Gasteiger partial charge in [0.15, 0.2) is 6.29 Å². The minimum absolute atomic E-state index is 0.161. The Bertz CT molecular complexity index is 1360. The molecule has 0 aromatic carbocycles. The minimum Gasteiger partial charge on any atom is -0.466 e. The number of allylic oxidation sites excluding steroid dienone is 13. The maximum absolute atomic E-state index is 12.9. The molecular weight excluding hydrogens is 879 g/mol. The maximum Gasteiger partial charge on any atom is 0.305 e. The van der Waals surface area contributed by atoms with E-state index in [1.807, 2.05) is 0 Å². The van der Waals surface area contributed by atoms with E-state index in [0.717, 1.165) is 148 Å². The molecule has 7 heteroatoms. The molecule has 0 aromatic heterocycles. The van der Waals surface area contributed by atoms with Gasteiger partial charge < -0.3 is 23.8 Å². The highest BCUT2D eigenvalue weighted by Gasteiger charge is 2.14. The van der Waals surface area contributed by atoms with Gasteiger partial charge in [0, 0.05) is 19.3 Å². The van der Waals surface area contributed by atoms with E-state index in [1.54, 1.807) is 0 Å². The molecule has 0 bridgehead atoms. The fourth-order valence-electron chi connectivity index (χ4n) is 8.01. The number of nitrogens with zero attached hydrogens (tertiary/aromatic N) is 1. The zero-order valence-electron chi connectivity index (χ0n) is 46.9. The fraction of sp³-hybridized carbons (Fsp3) is 0.719. The van der Waals surface area contributed by atoms with Crippen molar-refractivity contribution in [1.29, 1.82) is 0 Å². The lowest BCUT2D eigenvalue weighted by atomic mass is 10.0. The average Bonchev–Trinajstić information content (AvgIpc) is 3.37. The smallest absolute Gasteiger partial charge is 0.305 e. The molecule has 0 fully saturated rings. The first-order chi connectivity index (χ1) is 35.0. The molecule has 0 saturated heterocycles. The number of Topliss-reactive ketones (excluding diaryl/α,β-unsaturated/α-hetero) is 1. The molecule has 71 heavy (non-hydrogen) atoms. The van der Waals surface area contributed by atoms with Crippen LogP contribution in [0.4, 0.5) is 0 Å². The van der Waals surface area contributed by atoms with Crippen molar-refractivity contribution in [3.63, 3.8) is 0 Å². The third-order valence-corrected chi connectivity index (χ3v) is 12.3. The van der Waals surface area contributed by atoms with Gasteiger partial charge in [-0.2, -0.15) is 0 Å². The van der Waals surface area contributed by atoms with Crippen molar-refractivity contribution < 1.29 is 28.5 Å². The van der Waals surface area contributed by atoms with Gasteiger partial charge in [-0.15, -0.1) is 0 Å². The summed E-state index contributed by atoms with van der Waals surface area (Å²) in [6.07, 6.45) is 67.2. The maximum atomic E-state index is 12.9. The van der Waals surface area contributed by atoms with E-state index in [4.69, 9.17) is 18.9 Å². The van der Waals surface area contributed by atoms with Crippen LogP contribution >= 0.6 is 0 Å². The van der Waals surface area contributed by atoms with E-state index in [9.17, 15) is 9.59 Å². The Kier molecular flexibility index (Phi) is 55.3. The van der Waals surface area contributed by atoms with Gasteiger partial charge in [0.25, 0.3) is 0 Å². The number of rotatable bonds is 54. The summed E-state index contributed by atoms with van der Waals surface area (Å²) in [6, 6.07) is 0. The Morgan fingerprint density at radius 3 is 1.38 bits per heavy atom. The highest BCUT2D eigenvalue weighted by Crippen LogP contribution is 2.16. The number of hydrogen-bond acceptors (Lipinski definition) is 7. The Hall–Kier alpha value is -3.10. The molecule has 0 spiro atoms. The van der Waals surface area contributed by atoms with Gasteiger partial charge in [-0.1, -0.05) is 183 Å². The SMILES string of the molecule is CC/C=C/C/C=C/CCCC(CCC(=O)CCCCCCCN(CCCCC)CCCCCCOC(=O)CCC(OCC/C=C/C/C=C/CC)OCC/C=C/C/C=C/CC)OCC/C=C/C/C=C/CCC. The van der Waals surface area contributed by atoms with Crippen LogP contribution in [0.5, 0.6) is 0 Å². The average molecular weight is 991 g/mol. The van der Waals surface area contributed by atoms with Gasteiger partial charge in [-0.3, -0.25) is 9.59 Å². The van der Waals surface area contributed by atoms with Crippen molar-refractivity contribution in [2.24, 2.45) is 0 Å². The fourth-order valence-corrected chi connectivity index (χ4v) is 8.01. The molecule has 0 heterocycles. The summed E-state index contributed by atoms with van der Waals surface area (Å²) in [6.45, 7) is 16.8. The first-order valence-electron chi connectivity index (χ1n) is 29.4. The Balaban J connectivity index is 4.52. The lowest BCUT2D eigenvalue weighted by Gasteiger charge is -2.22. The van der Waals surface area contributed by atoms with E-state index in [0.29, 0.717) is 51.3 Å². The molecule has 1 unspecified atom stereocenters. The second-order valence-corrected chi connectivity index (χ2v) is 19.0. The lowest BCUT2D eigenvalue weighted by Crippen LogP contribution is -2.27. The molecule has 0 aliphatic rings. The standard InChI is InChI=1S/C64H111NO6/c1-6-11-16-20-24-26-32-40-49-62(68-57-44-35-29-25-21-17-12-7-2)51-50-61(66)48-39-31-30-33-42-55-65(54-41-15-10-5)56-43-34-38-45-58-69-63(67)52-53-64(70-59-46-36-27-22-18-13-8-3)71-60-47-37-28-23-19-14-9-4/h11,13-14,16-19,21,24,26-29,35-37,62,64H,6-10,12,15,20,22-23,25,30-34,38-60H2,1-5H3/b16-11+,18-13+,19-14+,21-17+,26-24+,35-29+,36-27+,37-28+. The molecule has 0 aromatic rings. The number of carbonyl (C=O) groups excluding carboxylic acids is 2. The van der Waals surface area contributed by atoms with Crippen LogP contribution in [0.3, 0.4) is 0 Å². The van der Waals surface area contributed by atoms with Gasteiger partial charge in [-0.05, 0) is 148 Å². The number of unbranched alkanes of at least 4 members (excludes halogenated alkanes) is 11. The Morgan fingerprint density at radius 1 is 0.380 bits per heavy atom. The van der Waals surface area contributed by atoms with Crippen molar-refractivity contribution >= 4 is 11.8 Å². The van der Waals surface area contributed by atoms with Gasteiger partial charge in [-0.25, -0.2) is 0 Å². The second kappa shape index (κ2) is 57.8. The molecule has 7 nitrogen and oxygen atoms in total. The van der Waals surface area contributed by atoms with Crippen molar-refractivity contribution in [2.45, 2.75) is 252 Å². The third-order valence-electron chi connectivity index (χ3n) is 12.3. The van der Waals surface area contributed by atoms with Gasteiger partial charge in [0.1, 0.15) is 5.78 Å². The third kappa shape index (κ3) is 53.0. The molecule has 408 valence electrons. The largest absolute Gasteiger partial charge is 0.466 e. The summed E-state index contributed by atoms with van der Waals surface area (Å²) in [5, 5.41) is 0. The number of esters is 1. The second-order valence-electron chi connectivity index (χ2n) is 19.0. The van der Waals surface area contributed by atoms with E-state index < -0.39 is 6.29 Å². The molecule has 0 aliphatic heterocycles. The summed E-state index contributed by atoms with van der Waals surface area (Å²) >= 11 is 0. The molecular formula is C64H111NO6. The summed E-state index contributed by atoms with van der Waals surface area (Å²) < 4.78 is 24.1. The quantitative estimate of drug-likeness (QED) is 0.0260. The number of ketones is 1. The van der Waals surface area contributed by atoms with Crippen LogP contribution in [0.25, 0.3) is 0 Å². The van der Waals surface area contributed by atoms with E-state index in [1.165, 1.54) is 57.9 Å². The van der Waals surface area contributed by atoms with Crippen LogP contribution in [0.2, 0.25) is 0 Å². The summed E-state index contributed by atoms with van der Waals surface area (Å²) in [7, 11) is 0. The van der Waals surface area contributed by atoms with E-state index in [-0.39, 0.29) is 12.1 Å². The summed E-state index contributed by atoms with van der Waals surface area (Å²) in [5.41, 5.74) is 0. The normalized spacial score (nSPS) is 13.1. The molecule has 0 aliphatic carbocycles. The van der Waals surface area contributed by atoms with Crippen molar-refractivity contribution in [3.05, 3.63) is 97.2 Å². The number of ether oxygens (including phenoxy) is 4. The molecule has 0 rings (SSSR count). The van der Waals surface area contributed by atoms with Gasteiger partial charge >= 0.3 is 5.97 Å². The number of carbonyl (C=O) groups is 2. The van der Waals surface area contributed by atoms with Crippen LogP contribution in [-0.2, 0) is 28.5 Å². The monoisotopic (exact) mass is 990 g/mol. The minimum atomic E-state index is -0.410. The van der Waals surface area contributed by atoms with Crippen molar-refractivity contribution in [1.82, 2.24) is 4.90 Å². The topological polar surface area (TPSA) is 74.3 Å². The lowest BCUT2D eigenvalue weighted by molar-refractivity contribution is -0.158. The first-order valence-corrected chi connectivity index (χ1v) is 29.4. The zero-order chi connectivity index (χ0) is 51.6. The molecule has 1 atom stereocenters. The van der Waals surface area contributed by atoms with Crippen LogP contribution in [0.15, 0.2) is 97.2 Å². The van der Waals surface area contributed by atoms with Gasteiger partial charge in [0.2, 0.25) is 0 Å². The summed E-state index contributed by atoms with van der Waals surface area (Å²) in [4.78, 5) is 28.3. The summed E-state index contributed by atoms with van der Waals surface area (Å²) in [5.74, 6) is 0.230. The van der Waals surface area contributed by atoms with Crippen LogP contribution in [0, 0.1) is 0 Å². The zero-order valence-corrected chi connectivity index (χ0v) is 46.9. The highest BCUT2D eigenvalue weighted by molar-refractivity contribution is 5.78. The first kappa shape index (κ1) is 67.9. The predicted molar refractivity (Wildman–Crippen MR) is 307 cm³/mol. The van der Waals surface area contributed by atoms with Crippen LogP contribution in [0.1, 0.15) is 240 Å². The number of hydrogen-bond donors (Lipinski definition) is 0. The predicted octanol–water partition coefficient (Wildman–Crippen LogP) is 18.2. The highest BCUT2D eigenvalue weighted by atomic mass is 16.7. The van der Waals surface area contributed by atoms with E-state index >= 15 is 0 Å². The van der Waals surface area contributed by atoms with Crippen LogP contribution < -0.4 is 0 Å². The molecule has 0 amide bonds. The Morgan fingerprint density at radius 2 is 0.845 bits per heavy atom. The van der Waals surface area contributed by atoms with Crippen LogP contribution in [-0.4, -0.2) is 75.1 Å². The molecule has 0 saturated carbocycles. The van der Waals surface area contributed by atoms with Crippen molar-refractivity contribution in [2.75, 3.05) is 46.1 Å².